The van der Waals surface area contributed by atoms with Crippen LogP contribution < -0.4 is 0 Å². The highest BCUT2D eigenvalue weighted by Gasteiger charge is 2.11. The topological polar surface area (TPSA) is 33.5 Å². The molecule has 1 aromatic heterocycles. The van der Waals surface area contributed by atoms with Crippen molar-refractivity contribution in [1.82, 2.24) is 4.90 Å². The van der Waals surface area contributed by atoms with E-state index in [0.29, 0.717) is 6.54 Å². The molecule has 3 nitrogen and oxygen atoms in total. The minimum absolute atomic E-state index is 0.0401. The third-order valence-corrected chi connectivity index (χ3v) is 4.23. The highest BCUT2D eigenvalue weighted by molar-refractivity contribution is 6.08. The number of para-hydroxylation sites is 2. The predicted molar refractivity (Wildman–Crippen MR) is 104 cm³/mol. The summed E-state index contributed by atoms with van der Waals surface area (Å²) in [5.41, 5.74) is 3.75. The number of carbonyl (C=O) groups is 1. The Morgan fingerprint density at radius 1 is 1.16 bits per heavy atom. The number of hydrogen-bond donors (Lipinski definition) is 0. The molecule has 0 aliphatic carbocycles. The van der Waals surface area contributed by atoms with Crippen molar-refractivity contribution >= 4 is 33.4 Å². The lowest BCUT2D eigenvalue weighted by atomic mass is 10.0. The summed E-state index contributed by atoms with van der Waals surface area (Å²) < 4.78 is 6.10. The van der Waals surface area contributed by atoms with E-state index in [2.05, 4.69) is 18.7 Å². The number of allylic oxidation sites excluding steroid dienone is 4. The van der Waals surface area contributed by atoms with E-state index in [1.165, 1.54) is 0 Å². The lowest BCUT2D eigenvalue weighted by Gasteiger charge is -2.11. The van der Waals surface area contributed by atoms with Gasteiger partial charge in [-0.3, -0.25) is 4.79 Å². The molecule has 0 bridgehead atoms. The number of nitrogens with zero attached hydrogens (tertiary/aromatic N) is 1. The van der Waals surface area contributed by atoms with Gasteiger partial charge in [-0.05, 0) is 11.6 Å². The zero-order valence-corrected chi connectivity index (χ0v) is 14.5. The minimum Gasteiger partial charge on any atom is -0.455 e. The van der Waals surface area contributed by atoms with Gasteiger partial charge in [-0.2, -0.15) is 0 Å². The van der Waals surface area contributed by atoms with E-state index < -0.39 is 0 Å². The average molecular weight is 331 g/mol. The summed E-state index contributed by atoms with van der Waals surface area (Å²) in [4.78, 5) is 13.0. The monoisotopic (exact) mass is 331 g/mol. The molecule has 0 aliphatic rings. The third kappa shape index (κ3) is 3.41. The van der Waals surface area contributed by atoms with E-state index in [-0.39, 0.29) is 5.91 Å². The Bertz CT molecular complexity index is 992. The first-order valence-electron chi connectivity index (χ1n) is 8.23. The number of amides is 1. The zero-order chi connectivity index (χ0) is 17.8. The van der Waals surface area contributed by atoms with Crippen LogP contribution in [0, 0.1) is 0 Å². The van der Waals surface area contributed by atoms with E-state index in [0.717, 1.165) is 33.1 Å². The first kappa shape index (κ1) is 16.8. The minimum atomic E-state index is 0.0401. The van der Waals surface area contributed by atoms with E-state index >= 15 is 0 Å². The second-order valence-corrected chi connectivity index (χ2v) is 5.94. The molecule has 1 amide bonds. The van der Waals surface area contributed by atoms with Gasteiger partial charge in [0.25, 0.3) is 0 Å². The summed E-state index contributed by atoms with van der Waals surface area (Å²) in [6.45, 7) is 5.93. The molecule has 0 radical (unpaired) electrons. The number of fused-ring (bicyclic) bond motifs is 3. The van der Waals surface area contributed by atoms with Crippen molar-refractivity contribution in [2.45, 2.75) is 6.92 Å². The number of benzene rings is 2. The van der Waals surface area contributed by atoms with Crippen molar-refractivity contribution in [2.24, 2.45) is 0 Å². The third-order valence-electron chi connectivity index (χ3n) is 4.23. The van der Waals surface area contributed by atoms with Crippen molar-refractivity contribution in [2.75, 3.05) is 13.6 Å². The molecule has 0 unspecified atom stereocenters. The number of furan rings is 1. The fourth-order valence-corrected chi connectivity index (χ4v) is 2.80. The first-order chi connectivity index (χ1) is 12.1. The van der Waals surface area contributed by atoms with Gasteiger partial charge < -0.3 is 9.32 Å². The van der Waals surface area contributed by atoms with Crippen LogP contribution in [-0.2, 0) is 4.79 Å². The number of rotatable bonds is 5. The van der Waals surface area contributed by atoms with Crippen LogP contribution in [0.4, 0.5) is 0 Å². The molecule has 2 aromatic carbocycles. The lowest BCUT2D eigenvalue weighted by molar-refractivity contribution is -0.127. The van der Waals surface area contributed by atoms with Gasteiger partial charge >= 0.3 is 0 Å². The molecule has 0 aliphatic heterocycles. The summed E-state index contributed by atoms with van der Waals surface area (Å²) in [7, 11) is 1.78. The highest BCUT2D eigenvalue weighted by atomic mass is 16.3. The van der Waals surface area contributed by atoms with Gasteiger partial charge in [0.15, 0.2) is 0 Å². The number of likely N-dealkylation sites (N-methyl/N-ethyl adjacent to an activating group) is 1. The Hall–Kier alpha value is -3.07. The van der Waals surface area contributed by atoms with Crippen LogP contribution in [0.3, 0.4) is 0 Å². The fourth-order valence-electron chi connectivity index (χ4n) is 2.80. The smallest absolute Gasteiger partial charge is 0.219 e. The number of hydrogen-bond acceptors (Lipinski definition) is 2. The predicted octanol–water partition coefficient (Wildman–Crippen LogP) is 5.19. The molecular weight excluding hydrogens is 310 g/mol. The molecule has 0 fully saturated rings. The first-order valence-corrected chi connectivity index (χ1v) is 8.23. The van der Waals surface area contributed by atoms with Crippen molar-refractivity contribution in [1.29, 1.82) is 0 Å². The Morgan fingerprint density at radius 2 is 1.92 bits per heavy atom. The average Bonchev–Trinajstić information content (AvgIpc) is 2.99. The van der Waals surface area contributed by atoms with Gasteiger partial charge in [0.1, 0.15) is 11.2 Å². The summed E-state index contributed by atoms with van der Waals surface area (Å²) in [5, 5.41) is 2.20. The largest absolute Gasteiger partial charge is 0.455 e. The molecule has 0 atom stereocenters. The standard InChI is InChI=1S/C22H21NO2/c1-4-9-17(10-8-15-23(3)16(2)24)18-12-7-13-20-19-11-5-6-14-21(19)25-22(18)20/h4-14H,1,15H2,2-3H3/b10-8-,17-9+. The molecule has 0 N–H and O–H groups in total. The molecule has 25 heavy (non-hydrogen) atoms. The van der Waals surface area contributed by atoms with Crippen LogP contribution in [0.5, 0.6) is 0 Å². The van der Waals surface area contributed by atoms with Gasteiger partial charge in [-0.1, -0.05) is 67.3 Å². The summed E-state index contributed by atoms with van der Waals surface area (Å²) in [6, 6.07) is 14.2. The Labute approximate surface area is 147 Å². The highest BCUT2D eigenvalue weighted by Crippen LogP contribution is 2.34. The summed E-state index contributed by atoms with van der Waals surface area (Å²) in [6.07, 6.45) is 7.68. The molecule has 3 rings (SSSR count). The van der Waals surface area contributed by atoms with E-state index in [4.69, 9.17) is 4.42 Å². The van der Waals surface area contributed by atoms with E-state index in [1.54, 1.807) is 24.9 Å². The molecular formula is C22H21NO2. The lowest BCUT2D eigenvalue weighted by Crippen LogP contribution is -2.23. The van der Waals surface area contributed by atoms with E-state index in [1.807, 2.05) is 48.6 Å². The zero-order valence-electron chi connectivity index (χ0n) is 14.5. The second kappa shape index (κ2) is 7.22. The van der Waals surface area contributed by atoms with Crippen LogP contribution in [0.1, 0.15) is 12.5 Å². The van der Waals surface area contributed by atoms with Gasteiger partial charge in [0.2, 0.25) is 5.91 Å². The Morgan fingerprint density at radius 3 is 2.68 bits per heavy atom. The molecule has 0 saturated heterocycles. The molecule has 3 heteroatoms. The SMILES string of the molecule is C=C/C=C(\C=C/CN(C)C(C)=O)c1cccc2c1oc1ccccc12. The maximum atomic E-state index is 11.3. The van der Waals surface area contributed by atoms with Crippen LogP contribution in [0.15, 0.2) is 77.8 Å². The van der Waals surface area contributed by atoms with Gasteiger partial charge in [-0.15, -0.1) is 0 Å². The van der Waals surface area contributed by atoms with Gasteiger partial charge in [0, 0.05) is 36.9 Å². The molecule has 126 valence electrons. The Balaban J connectivity index is 2.05. The van der Waals surface area contributed by atoms with Crippen molar-refractivity contribution in [3.8, 4) is 0 Å². The van der Waals surface area contributed by atoms with Crippen molar-refractivity contribution in [3.05, 3.63) is 78.9 Å². The maximum absolute atomic E-state index is 11.3. The second-order valence-electron chi connectivity index (χ2n) is 5.94. The number of carbonyl (C=O) groups excluding carboxylic acids is 1. The molecule has 0 saturated carbocycles. The molecule has 3 aromatic rings. The quantitative estimate of drug-likeness (QED) is 0.603. The normalized spacial score (nSPS) is 12.2. The summed E-state index contributed by atoms with van der Waals surface area (Å²) >= 11 is 0. The van der Waals surface area contributed by atoms with E-state index in [9.17, 15) is 4.79 Å². The van der Waals surface area contributed by atoms with Crippen molar-refractivity contribution in [3.63, 3.8) is 0 Å². The van der Waals surface area contributed by atoms with Gasteiger partial charge in [0.05, 0.1) is 0 Å². The Kier molecular flexibility index (Phi) is 4.85. The van der Waals surface area contributed by atoms with Crippen LogP contribution in [0.2, 0.25) is 0 Å². The maximum Gasteiger partial charge on any atom is 0.219 e. The summed E-state index contributed by atoms with van der Waals surface area (Å²) in [5.74, 6) is 0.0401. The van der Waals surface area contributed by atoms with Crippen LogP contribution in [-0.4, -0.2) is 24.4 Å². The van der Waals surface area contributed by atoms with Crippen LogP contribution >= 0.6 is 0 Å². The van der Waals surface area contributed by atoms with Gasteiger partial charge in [-0.25, -0.2) is 0 Å². The van der Waals surface area contributed by atoms with Crippen molar-refractivity contribution < 1.29 is 9.21 Å². The van der Waals surface area contributed by atoms with Crippen LogP contribution in [0.25, 0.3) is 27.5 Å². The molecule has 1 heterocycles. The fraction of sp³-hybridized carbons (Fsp3) is 0.136. The molecule has 0 spiro atoms.